The summed E-state index contributed by atoms with van der Waals surface area (Å²) in [4.78, 5) is 7.28. The number of likely N-dealkylation sites (tertiary alicyclic amines) is 1. The highest BCUT2D eigenvalue weighted by Gasteiger charge is 2.23. The van der Waals surface area contributed by atoms with Crippen LogP contribution in [-0.4, -0.2) is 34.7 Å². The van der Waals surface area contributed by atoms with Gasteiger partial charge in [-0.15, -0.1) is 0 Å². The molecule has 4 aromatic rings. The van der Waals surface area contributed by atoms with Gasteiger partial charge in [-0.05, 0) is 61.5 Å². The zero-order valence-corrected chi connectivity index (χ0v) is 19.7. The Bertz CT molecular complexity index is 1080. The minimum atomic E-state index is 0.446. The number of benzene rings is 3. The molecule has 0 radical (unpaired) electrons. The number of aromatic nitrogens is 2. The smallest absolute Gasteiger partial charge is 0.226 e. The highest BCUT2D eigenvalue weighted by atomic mass is 16.5. The minimum Gasteiger partial charge on any atom is -0.339 e. The Kier molecular flexibility index (Phi) is 7.47. The Morgan fingerprint density at radius 1 is 0.794 bits per heavy atom. The van der Waals surface area contributed by atoms with Gasteiger partial charge in [0.15, 0.2) is 5.82 Å². The number of rotatable bonds is 9. The van der Waals surface area contributed by atoms with Crippen molar-refractivity contribution < 1.29 is 4.52 Å². The molecule has 0 spiro atoms. The lowest BCUT2D eigenvalue weighted by Crippen LogP contribution is -2.35. The monoisotopic (exact) mass is 451 g/mol. The van der Waals surface area contributed by atoms with Crippen LogP contribution >= 0.6 is 0 Å². The van der Waals surface area contributed by atoms with Gasteiger partial charge in [0.1, 0.15) is 0 Å². The molecule has 34 heavy (non-hydrogen) atoms. The topological polar surface area (TPSA) is 42.2 Å². The predicted molar refractivity (Wildman–Crippen MR) is 136 cm³/mol. The molecule has 3 aromatic carbocycles. The highest BCUT2D eigenvalue weighted by Crippen LogP contribution is 2.29. The molecule has 174 valence electrons. The van der Waals surface area contributed by atoms with Crippen LogP contribution in [0.5, 0.6) is 0 Å². The van der Waals surface area contributed by atoms with Gasteiger partial charge in [-0.2, -0.15) is 4.98 Å². The lowest BCUT2D eigenvalue weighted by molar-refractivity contribution is 0.174. The van der Waals surface area contributed by atoms with Crippen LogP contribution in [0.1, 0.15) is 53.6 Å². The van der Waals surface area contributed by atoms with Gasteiger partial charge in [-0.3, -0.25) is 0 Å². The van der Waals surface area contributed by atoms with Crippen molar-refractivity contribution in [2.24, 2.45) is 5.92 Å². The second kappa shape index (κ2) is 11.3. The zero-order valence-electron chi connectivity index (χ0n) is 19.7. The van der Waals surface area contributed by atoms with Crippen molar-refractivity contribution >= 4 is 0 Å². The summed E-state index contributed by atoms with van der Waals surface area (Å²) in [6.07, 6.45) is 5.15. The number of hydrogen-bond acceptors (Lipinski definition) is 4. The molecule has 0 aliphatic carbocycles. The number of nitrogens with zero attached hydrogens (tertiary/aromatic N) is 3. The van der Waals surface area contributed by atoms with Crippen LogP contribution < -0.4 is 0 Å². The third-order valence-electron chi connectivity index (χ3n) is 7.02. The van der Waals surface area contributed by atoms with Crippen molar-refractivity contribution in [3.63, 3.8) is 0 Å². The van der Waals surface area contributed by atoms with E-state index in [4.69, 9.17) is 4.52 Å². The SMILES string of the molecule is c1ccc(Cc2noc(CC3CCN(CCC(c4ccccc4)c4ccccc4)CC3)n2)cc1. The first kappa shape index (κ1) is 22.5. The fraction of sp³-hybridized carbons (Fsp3) is 0.333. The molecule has 0 amide bonds. The van der Waals surface area contributed by atoms with E-state index in [9.17, 15) is 0 Å². The molecule has 1 aliphatic heterocycles. The summed E-state index contributed by atoms with van der Waals surface area (Å²) in [5, 5.41) is 4.20. The zero-order chi connectivity index (χ0) is 23.0. The van der Waals surface area contributed by atoms with E-state index in [0.29, 0.717) is 11.8 Å². The van der Waals surface area contributed by atoms with Crippen molar-refractivity contribution in [2.75, 3.05) is 19.6 Å². The molecule has 5 rings (SSSR count). The van der Waals surface area contributed by atoms with Gasteiger partial charge in [-0.25, -0.2) is 0 Å². The molecule has 0 atom stereocenters. The van der Waals surface area contributed by atoms with Gasteiger partial charge in [0.25, 0.3) is 0 Å². The van der Waals surface area contributed by atoms with Crippen LogP contribution in [0.25, 0.3) is 0 Å². The first-order chi connectivity index (χ1) is 16.8. The van der Waals surface area contributed by atoms with E-state index < -0.39 is 0 Å². The predicted octanol–water partition coefficient (Wildman–Crippen LogP) is 6.14. The van der Waals surface area contributed by atoms with E-state index in [1.165, 1.54) is 29.5 Å². The molecule has 4 heteroatoms. The molecule has 1 fully saturated rings. The van der Waals surface area contributed by atoms with Gasteiger partial charge < -0.3 is 9.42 Å². The molecule has 1 aromatic heterocycles. The van der Waals surface area contributed by atoms with Crippen LogP contribution in [0.2, 0.25) is 0 Å². The van der Waals surface area contributed by atoms with Crippen LogP contribution in [0.15, 0.2) is 95.5 Å². The molecule has 0 N–H and O–H groups in total. The molecular weight excluding hydrogens is 418 g/mol. The Hall–Kier alpha value is -3.24. The maximum atomic E-state index is 5.57. The van der Waals surface area contributed by atoms with Gasteiger partial charge >= 0.3 is 0 Å². The maximum absolute atomic E-state index is 5.57. The normalized spacial score (nSPS) is 15.1. The summed E-state index contributed by atoms with van der Waals surface area (Å²) in [7, 11) is 0. The summed E-state index contributed by atoms with van der Waals surface area (Å²) in [5.74, 6) is 2.64. The average molecular weight is 452 g/mol. The summed E-state index contributed by atoms with van der Waals surface area (Å²) in [6.45, 7) is 3.42. The molecule has 1 saturated heterocycles. The van der Waals surface area contributed by atoms with Crippen molar-refractivity contribution in [1.29, 1.82) is 0 Å². The molecule has 0 saturated carbocycles. The fourth-order valence-corrected chi connectivity index (χ4v) is 5.09. The first-order valence-electron chi connectivity index (χ1n) is 12.5. The summed E-state index contributed by atoms with van der Waals surface area (Å²) in [5.41, 5.74) is 4.03. The fourth-order valence-electron chi connectivity index (χ4n) is 5.09. The second-order valence-electron chi connectivity index (χ2n) is 9.42. The molecule has 2 heterocycles. The largest absolute Gasteiger partial charge is 0.339 e. The van der Waals surface area contributed by atoms with Crippen LogP contribution in [0, 0.1) is 5.92 Å². The molecule has 0 bridgehead atoms. The van der Waals surface area contributed by atoms with E-state index in [1.54, 1.807) is 0 Å². The average Bonchev–Trinajstić information content (AvgIpc) is 3.33. The molecule has 4 nitrogen and oxygen atoms in total. The van der Waals surface area contributed by atoms with Gasteiger partial charge in [0, 0.05) is 18.8 Å². The second-order valence-corrected chi connectivity index (χ2v) is 9.42. The Labute approximate surface area is 202 Å². The van der Waals surface area contributed by atoms with Crippen molar-refractivity contribution in [1.82, 2.24) is 15.0 Å². The lowest BCUT2D eigenvalue weighted by Gasteiger charge is -2.32. The standard InChI is InChI=1S/C30H33N3O/c1-4-10-24(11-5-1)22-29-31-30(34-32-29)23-25-16-19-33(20-17-25)21-18-28(26-12-6-2-7-13-26)27-14-8-3-9-15-27/h1-15,25,28H,16-23H2. The van der Waals surface area contributed by atoms with E-state index in [0.717, 1.165) is 50.6 Å². The Balaban J connectivity index is 1.11. The van der Waals surface area contributed by atoms with Crippen LogP contribution in [0.3, 0.4) is 0 Å². The Morgan fingerprint density at radius 2 is 1.38 bits per heavy atom. The van der Waals surface area contributed by atoms with Crippen molar-refractivity contribution in [2.45, 2.75) is 38.0 Å². The molecule has 1 aliphatic rings. The third-order valence-corrected chi connectivity index (χ3v) is 7.02. The van der Waals surface area contributed by atoms with E-state index in [2.05, 4.69) is 87.8 Å². The lowest BCUT2D eigenvalue weighted by atomic mass is 9.87. The summed E-state index contributed by atoms with van der Waals surface area (Å²) in [6, 6.07) is 32.2. The first-order valence-corrected chi connectivity index (χ1v) is 12.5. The van der Waals surface area contributed by atoms with Gasteiger partial charge in [0.2, 0.25) is 5.89 Å². The number of hydrogen-bond donors (Lipinski definition) is 0. The third kappa shape index (κ3) is 6.00. The summed E-state index contributed by atoms with van der Waals surface area (Å²) >= 11 is 0. The van der Waals surface area contributed by atoms with E-state index in [1.807, 2.05) is 18.2 Å². The molecular formula is C30H33N3O. The summed E-state index contributed by atoms with van der Waals surface area (Å²) < 4.78 is 5.57. The van der Waals surface area contributed by atoms with Crippen molar-refractivity contribution in [3.8, 4) is 0 Å². The maximum Gasteiger partial charge on any atom is 0.226 e. The number of piperidine rings is 1. The van der Waals surface area contributed by atoms with Gasteiger partial charge in [-0.1, -0.05) is 96.2 Å². The van der Waals surface area contributed by atoms with Crippen LogP contribution in [-0.2, 0) is 12.8 Å². The Morgan fingerprint density at radius 3 is 2.00 bits per heavy atom. The van der Waals surface area contributed by atoms with Gasteiger partial charge in [0.05, 0.1) is 0 Å². The quantitative estimate of drug-likeness (QED) is 0.307. The van der Waals surface area contributed by atoms with E-state index >= 15 is 0 Å². The minimum absolute atomic E-state index is 0.446. The van der Waals surface area contributed by atoms with Crippen molar-refractivity contribution in [3.05, 3.63) is 119 Å². The van der Waals surface area contributed by atoms with Crippen LogP contribution in [0.4, 0.5) is 0 Å². The van der Waals surface area contributed by atoms with E-state index in [-0.39, 0.29) is 0 Å². The molecule has 0 unspecified atom stereocenters. The highest BCUT2D eigenvalue weighted by molar-refractivity contribution is 5.32.